The van der Waals surface area contributed by atoms with E-state index in [1.165, 1.54) is 6.42 Å². The third kappa shape index (κ3) is 2.24. The fourth-order valence-corrected chi connectivity index (χ4v) is 2.95. The Balaban J connectivity index is 1.62. The minimum Gasteiger partial charge on any atom is -0.381 e. The zero-order valence-electron chi connectivity index (χ0n) is 10.4. The molecule has 4 nitrogen and oxygen atoms in total. The number of aromatic nitrogens is 2. The van der Waals surface area contributed by atoms with Crippen LogP contribution in [0.15, 0.2) is 12.4 Å². The number of hydrogen-bond donors (Lipinski definition) is 0. The van der Waals surface area contributed by atoms with E-state index in [4.69, 9.17) is 9.47 Å². The van der Waals surface area contributed by atoms with E-state index in [9.17, 15) is 0 Å². The first-order valence-electron chi connectivity index (χ1n) is 6.51. The van der Waals surface area contributed by atoms with Crippen LogP contribution in [-0.2, 0) is 16.0 Å². The van der Waals surface area contributed by atoms with Gasteiger partial charge in [0.25, 0.3) is 0 Å². The largest absolute Gasteiger partial charge is 0.381 e. The van der Waals surface area contributed by atoms with E-state index < -0.39 is 0 Å². The molecule has 1 spiro atoms. The predicted octanol–water partition coefficient (Wildman–Crippen LogP) is 1.92. The van der Waals surface area contributed by atoms with Crippen molar-refractivity contribution in [3.8, 4) is 0 Å². The maximum Gasteiger partial charge on any atom is 0.105 e. The van der Waals surface area contributed by atoms with Crippen molar-refractivity contribution in [1.29, 1.82) is 0 Å². The van der Waals surface area contributed by atoms with Gasteiger partial charge in [-0.1, -0.05) is 0 Å². The maximum absolute atomic E-state index is 6.29. The van der Waals surface area contributed by atoms with Crippen LogP contribution in [0.5, 0.6) is 0 Å². The summed E-state index contributed by atoms with van der Waals surface area (Å²) in [7, 11) is 0. The average Bonchev–Trinajstić information content (AvgIpc) is 2.90. The van der Waals surface area contributed by atoms with Crippen LogP contribution in [0.25, 0.3) is 0 Å². The van der Waals surface area contributed by atoms with Crippen molar-refractivity contribution in [3.05, 3.63) is 18.2 Å². The Morgan fingerprint density at radius 1 is 1.41 bits per heavy atom. The van der Waals surface area contributed by atoms with Gasteiger partial charge in [0, 0.05) is 25.6 Å². The standard InChI is InChI=1S/C13H20N2O2/c1-11-14-6-7-15(11)10-12-2-3-13(17-12)4-8-16-9-5-13/h6-7,12H,2-5,8-10H2,1H3. The van der Waals surface area contributed by atoms with Gasteiger partial charge in [-0.05, 0) is 32.6 Å². The van der Waals surface area contributed by atoms with Crippen LogP contribution < -0.4 is 0 Å². The van der Waals surface area contributed by atoms with Gasteiger partial charge in [0.2, 0.25) is 0 Å². The monoisotopic (exact) mass is 236 g/mol. The molecule has 2 aliphatic heterocycles. The number of hydrogen-bond acceptors (Lipinski definition) is 3. The summed E-state index contributed by atoms with van der Waals surface area (Å²) in [6, 6.07) is 0. The Hall–Kier alpha value is -0.870. The molecule has 1 aromatic heterocycles. The molecular formula is C13H20N2O2. The van der Waals surface area contributed by atoms with Crippen LogP contribution in [0, 0.1) is 6.92 Å². The summed E-state index contributed by atoms with van der Waals surface area (Å²) in [6.45, 7) is 4.70. The Morgan fingerprint density at radius 3 is 2.94 bits per heavy atom. The van der Waals surface area contributed by atoms with Gasteiger partial charge in [-0.25, -0.2) is 4.98 Å². The van der Waals surface area contributed by atoms with Crippen molar-refractivity contribution in [2.75, 3.05) is 13.2 Å². The van der Waals surface area contributed by atoms with Crippen LogP contribution in [-0.4, -0.2) is 34.5 Å². The van der Waals surface area contributed by atoms with Gasteiger partial charge in [-0.3, -0.25) is 0 Å². The van der Waals surface area contributed by atoms with Crippen molar-refractivity contribution in [1.82, 2.24) is 9.55 Å². The predicted molar refractivity (Wildman–Crippen MR) is 63.9 cm³/mol. The third-order valence-electron chi connectivity index (χ3n) is 4.07. The van der Waals surface area contributed by atoms with Crippen LogP contribution in [0.2, 0.25) is 0 Å². The molecule has 1 unspecified atom stereocenters. The van der Waals surface area contributed by atoms with Gasteiger partial charge >= 0.3 is 0 Å². The van der Waals surface area contributed by atoms with Crippen molar-refractivity contribution in [2.45, 2.75) is 50.9 Å². The van der Waals surface area contributed by atoms with Crippen molar-refractivity contribution in [2.24, 2.45) is 0 Å². The first-order valence-corrected chi connectivity index (χ1v) is 6.51. The van der Waals surface area contributed by atoms with E-state index >= 15 is 0 Å². The summed E-state index contributed by atoms with van der Waals surface area (Å²) < 4.78 is 13.9. The van der Waals surface area contributed by atoms with Gasteiger partial charge in [0.1, 0.15) is 5.82 Å². The van der Waals surface area contributed by atoms with Gasteiger partial charge in [-0.2, -0.15) is 0 Å². The molecule has 0 N–H and O–H groups in total. The molecule has 0 aliphatic carbocycles. The lowest BCUT2D eigenvalue weighted by atomic mass is 9.91. The molecule has 0 radical (unpaired) electrons. The maximum atomic E-state index is 6.29. The molecule has 4 heteroatoms. The molecule has 1 aromatic rings. The second-order valence-electron chi connectivity index (χ2n) is 5.20. The first kappa shape index (κ1) is 11.2. The number of nitrogens with zero attached hydrogens (tertiary/aromatic N) is 2. The van der Waals surface area contributed by atoms with E-state index in [0.29, 0.717) is 6.10 Å². The fraction of sp³-hybridized carbons (Fsp3) is 0.769. The molecule has 0 aromatic carbocycles. The number of aryl methyl sites for hydroxylation is 1. The highest BCUT2D eigenvalue weighted by Gasteiger charge is 2.41. The Morgan fingerprint density at radius 2 is 2.24 bits per heavy atom. The number of imidazole rings is 1. The SMILES string of the molecule is Cc1nccn1CC1CCC2(CCOCC2)O1. The molecule has 3 heterocycles. The third-order valence-corrected chi connectivity index (χ3v) is 4.07. The van der Waals surface area contributed by atoms with E-state index in [2.05, 4.69) is 9.55 Å². The summed E-state index contributed by atoms with van der Waals surface area (Å²) >= 11 is 0. The van der Waals surface area contributed by atoms with Crippen LogP contribution in [0.3, 0.4) is 0 Å². The average molecular weight is 236 g/mol. The van der Waals surface area contributed by atoms with E-state index in [0.717, 1.165) is 44.8 Å². The summed E-state index contributed by atoms with van der Waals surface area (Å²) in [6.07, 6.45) is 8.72. The zero-order chi connectivity index (χ0) is 11.7. The van der Waals surface area contributed by atoms with Gasteiger partial charge in [-0.15, -0.1) is 0 Å². The molecule has 3 rings (SSSR count). The quantitative estimate of drug-likeness (QED) is 0.787. The van der Waals surface area contributed by atoms with Crippen molar-refractivity contribution < 1.29 is 9.47 Å². The topological polar surface area (TPSA) is 36.3 Å². The van der Waals surface area contributed by atoms with Crippen molar-refractivity contribution >= 4 is 0 Å². The summed E-state index contributed by atoms with van der Waals surface area (Å²) in [5.74, 6) is 1.07. The minimum absolute atomic E-state index is 0.122. The lowest BCUT2D eigenvalue weighted by molar-refractivity contribution is -0.106. The molecule has 2 fully saturated rings. The fourth-order valence-electron chi connectivity index (χ4n) is 2.95. The highest BCUT2D eigenvalue weighted by atomic mass is 16.5. The van der Waals surface area contributed by atoms with Crippen LogP contribution >= 0.6 is 0 Å². The highest BCUT2D eigenvalue weighted by Crippen LogP contribution is 2.38. The smallest absolute Gasteiger partial charge is 0.105 e. The lowest BCUT2D eigenvalue weighted by Crippen LogP contribution is -2.36. The molecule has 94 valence electrons. The molecule has 2 saturated heterocycles. The Kier molecular flexibility index (Phi) is 2.92. The molecule has 0 bridgehead atoms. The normalized spacial score (nSPS) is 27.7. The van der Waals surface area contributed by atoms with E-state index in [1.54, 1.807) is 0 Å². The molecular weight excluding hydrogens is 216 g/mol. The second-order valence-corrected chi connectivity index (χ2v) is 5.20. The Bertz CT molecular complexity index is 383. The number of rotatable bonds is 2. The second kappa shape index (κ2) is 4.42. The molecule has 0 amide bonds. The van der Waals surface area contributed by atoms with Crippen LogP contribution in [0.4, 0.5) is 0 Å². The molecule has 2 aliphatic rings. The van der Waals surface area contributed by atoms with E-state index in [1.807, 2.05) is 19.3 Å². The zero-order valence-corrected chi connectivity index (χ0v) is 10.4. The van der Waals surface area contributed by atoms with Gasteiger partial charge < -0.3 is 14.0 Å². The van der Waals surface area contributed by atoms with Gasteiger partial charge in [0.05, 0.1) is 18.2 Å². The highest BCUT2D eigenvalue weighted by molar-refractivity contribution is 4.94. The summed E-state index contributed by atoms with van der Waals surface area (Å²) in [5, 5.41) is 0. The Labute approximate surface area is 102 Å². The minimum atomic E-state index is 0.122. The van der Waals surface area contributed by atoms with E-state index in [-0.39, 0.29) is 5.60 Å². The van der Waals surface area contributed by atoms with Gasteiger partial charge in [0.15, 0.2) is 0 Å². The molecule has 0 saturated carbocycles. The number of ether oxygens (including phenoxy) is 2. The first-order chi connectivity index (χ1) is 8.27. The van der Waals surface area contributed by atoms with Crippen molar-refractivity contribution in [3.63, 3.8) is 0 Å². The summed E-state index contributed by atoms with van der Waals surface area (Å²) in [5.41, 5.74) is 0.122. The lowest BCUT2D eigenvalue weighted by Gasteiger charge is -2.33. The molecule has 1 atom stereocenters. The summed E-state index contributed by atoms with van der Waals surface area (Å²) in [4.78, 5) is 4.25. The molecule has 17 heavy (non-hydrogen) atoms. The van der Waals surface area contributed by atoms with Crippen LogP contribution in [0.1, 0.15) is 31.5 Å².